The number of anilines is 1. The van der Waals surface area contributed by atoms with Crippen LogP contribution in [0.4, 0.5) is 19.1 Å². The van der Waals surface area contributed by atoms with Crippen LogP contribution in [-0.2, 0) is 0 Å². The van der Waals surface area contributed by atoms with E-state index in [9.17, 15) is 13.2 Å². The Bertz CT molecular complexity index is 1240. The van der Waals surface area contributed by atoms with Crippen molar-refractivity contribution < 1.29 is 13.2 Å². The van der Waals surface area contributed by atoms with Crippen LogP contribution in [0.15, 0.2) is 53.0 Å². The monoisotopic (exact) mass is 498 g/mol. The van der Waals surface area contributed by atoms with Gasteiger partial charge in [0.05, 0.1) is 23.5 Å². The minimum Gasteiger partial charge on any atom is -0.347 e. The molecule has 0 amide bonds. The summed E-state index contributed by atoms with van der Waals surface area (Å²) in [5, 5.41) is 7.74. The number of allylic oxidation sites excluding steroid dienone is 5. The molecule has 1 aliphatic carbocycles. The number of hydrogen-bond donors (Lipinski definition) is 1. The normalized spacial score (nSPS) is 27.2. The van der Waals surface area contributed by atoms with Gasteiger partial charge in [-0.3, -0.25) is 4.99 Å². The van der Waals surface area contributed by atoms with Crippen molar-refractivity contribution in [3.8, 4) is 0 Å². The second-order valence-electron chi connectivity index (χ2n) is 10.3. The first kappa shape index (κ1) is 24.7. The third-order valence-electron chi connectivity index (χ3n) is 7.45. The Morgan fingerprint density at radius 2 is 2.08 bits per heavy atom. The number of nitrogens with one attached hydrogen (secondary N) is 1. The molecule has 0 saturated carbocycles. The maximum atomic E-state index is 14.5. The number of alkyl halides is 3. The third-order valence-corrected chi connectivity index (χ3v) is 7.45. The zero-order valence-corrected chi connectivity index (χ0v) is 21.0. The quantitative estimate of drug-likeness (QED) is 0.567. The molecule has 1 unspecified atom stereocenters. The van der Waals surface area contributed by atoms with Crippen LogP contribution >= 0.6 is 0 Å². The summed E-state index contributed by atoms with van der Waals surface area (Å²) in [6.45, 7) is 5.31. The Morgan fingerprint density at radius 3 is 2.86 bits per heavy atom. The highest BCUT2D eigenvalue weighted by Crippen LogP contribution is 2.40. The summed E-state index contributed by atoms with van der Waals surface area (Å²) in [6, 6.07) is 1.69. The van der Waals surface area contributed by atoms with Crippen molar-refractivity contribution in [2.75, 3.05) is 25.5 Å². The van der Waals surface area contributed by atoms with E-state index in [2.05, 4.69) is 28.4 Å². The van der Waals surface area contributed by atoms with E-state index < -0.39 is 12.6 Å². The van der Waals surface area contributed by atoms with Gasteiger partial charge in [0.2, 0.25) is 12.4 Å². The lowest BCUT2D eigenvalue weighted by Crippen LogP contribution is -2.46. The van der Waals surface area contributed by atoms with Gasteiger partial charge in [-0.15, -0.1) is 5.10 Å². The van der Waals surface area contributed by atoms with Gasteiger partial charge in [-0.05, 0) is 68.4 Å². The molecule has 1 saturated heterocycles. The van der Waals surface area contributed by atoms with E-state index in [0.717, 1.165) is 46.6 Å². The predicted molar refractivity (Wildman–Crippen MR) is 137 cm³/mol. The fourth-order valence-electron chi connectivity index (χ4n) is 5.67. The molecular formula is C27H33F3N6. The Balaban J connectivity index is 1.39. The van der Waals surface area contributed by atoms with Crippen LogP contribution in [0.3, 0.4) is 0 Å². The van der Waals surface area contributed by atoms with Gasteiger partial charge < -0.3 is 10.2 Å². The van der Waals surface area contributed by atoms with Crippen molar-refractivity contribution in [1.29, 1.82) is 0 Å². The first-order chi connectivity index (χ1) is 17.3. The van der Waals surface area contributed by atoms with Crippen molar-refractivity contribution in [3.05, 3.63) is 53.5 Å². The summed E-state index contributed by atoms with van der Waals surface area (Å²) in [5.74, 6) is 0.542. The van der Waals surface area contributed by atoms with Crippen LogP contribution in [0.1, 0.15) is 45.1 Å². The molecule has 2 aromatic rings. The van der Waals surface area contributed by atoms with Crippen LogP contribution in [0.2, 0.25) is 0 Å². The second kappa shape index (κ2) is 10.2. The minimum atomic E-state index is -2.29. The lowest BCUT2D eigenvalue weighted by molar-refractivity contribution is 0.129. The third kappa shape index (κ3) is 5.12. The molecule has 0 bridgehead atoms. The smallest absolute Gasteiger partial charge is 0.241 e. The summed E-state index contributed by atoms with van der Waals surface area (Å²) in [7, 11) is 1.92. The molecule has 0 aromatic carbocycles. The summed E-state index contributed by atoms with van der Waals surface area (Å²) in [6.07, 6.45) is 8.38. The average Bonchev–Trinajstić information content (AvgIpc) is 3.17. The molecule has 3 aliphatic rings. The van der Waals surface area contributed by atoms with Crippen LogP contribution in [-0.4, -0.2) is 64.0 Å². The van der Waals surface area contributed by atoms with Crippen molar-refractivity contribution in [3.63, 3.8) is 0 Å². The highest BCUT2D eigenvalue weighted by atomic mass is 19.3. The van der Waals surface area contributed by atoms with E-state index >= 15 is 0 Å². The first-order valence-electron chi connectivity index (χ1n) is 12.7. The molecule has 5 rings (SSSR count). The molecule has 2 aromatic heterocycles. The lowest BCUT2D eigenvalue weighted by Gasteiger charge is -2.32. The largest absolute Gasteiger partial charge is 0.347 e. The molecule has 1 N–H and O–H groups in total. The molecule has 0 spiro atoms. The van der Waals surface area contributed by atoms with Crippen LogP contribution in [0.25, 0.3) is 11.1 Å². The van der Waals surface area contributed by atoms with Crippen LogP contribution < -0.4 is 5.32 Å². The fourth-order valence-corrected chi connectivity index (χ4v) is 5.67. The van der Waals surface area contributed by atoms with Gasteiger partial charge in [-0.1, -0.05) is 19.1 Å². The standard InChI is InChI=1S/C27H33F3N6/c1-16-12-18(4-6-23-26(16)19(5-7-25(29)30)13-17(2)32-23)20-8-11-36-24(20)14-31-27(34-36)33-22-9-10-35(3)15-21(22)28/h4,6,8,11-12,14,16,19,21-22,25H,5,7,9-10,13,15H2,1-3H3,(H,33,34)/t16-,19?,21-,22+/m0/s1. The number of likely N-dealkylation sites (tertiary alicyclic amines) is 1. The van der Waals surface area contributed by atoms with Gasteiger partial charge in [0.1, 0.15) is 6.17 Å². The molecular weight excluding hydrogens is 465 g/mol. The van der Waals surface area contributed by atoms with E-state index in [1.54, 1.807) is 10.7 Å². The Hall–Kier alpha value is -2.94. The van der Waals surface area contributed by atoms with E-state index in [1.165, 1.54) is 0 Å². The van der Waals surface area contributed by atoms with E-state index in [0.29, 0.717) is 25.3 Å². The zero-order chi connectivity index (χ0) is 25.4. The first-order valence-corrected chi connectivity index (χ1v) is 12.7. The molecule has 4 heterocycles. The summed E-state index contributed by atoms with van der Waals surface area (Å²) in [5.41, 5.74) is 5.86. The van der Waals surface area contributed by atoms with E-state index in [4.69, 9.17) is 4.99 Å². The Labute approximate surface area is 209 Å². The van der Waals surface area contributed by atoms with Gasteiger partial charge in [-0.2, -0.15) is 0 Å². The van der Waals surface area contributed by atoms with Gasteiger partial charge in [0.25, 0.3) is 0 Å². The number of piperidine rings is 1. The fraction of sp³-hybridized carbons (Fsp3) is 0.519. The molecule has 9 heteroatoms. The molecule has 6 nitrogen and oxygen atoms in total. The van der Waals surface area contributed by atoms with Crippen molar-refractivity contribution in [2.24, 2.45) is 16.8 Å². The zero-order valence-electron chi connectivity index (χ0n) is 21.0. The van der Waals surface area contributed by atoms with Gasteiger partial charge in [0.15, 0.2) is 0 Å². The predicted octanol–water partition coefficient (Wildman–Crippen LogP) is 5.55. The Morgan fingerprint density at radius 1 is 1.25 bits per heavy atom. The van der Waals surface area contributed by atoms with E-state index in [-0.39, 0.29) is 24.3 Å². The number of hydrogen-bond acceptors (Lipinski definition) is 5. The average molecular weight is 499 g/mol. The number of rotatable bonds is 6. The van der Waals surface area contributed by atoms with E-state index in [1.807, 2.05) is 43.3 Å². The Kier molecular flexibility index (Phi) is 7.01. The minimum absolute atomic E-state index is 0.0623. The van der Waals surface area contributed by atoms with Crippen LogP contribution in [0.5, 0.6) is 0 Å². The van der Waals surface area contributed by atoms with Gasteiger partial charge in [-0.25, -0.2) is 22.7 Å². The lowest BCUT2D eigenvalue weighted by atomic mass is 9.79. The SMILES string of the molecule is CC1=NC2=C(C(CCC(F)F)C1)[C@@H](C)C=C(c1ccn3nc(N[C@@H]4CCN(C)C[C@@H]4F)ncc13)C=C2. The molecule has 192 valence electrons. The molecule has 36 heavy (non-hydrogen) atoms. The molecule has 1 fully saturated rings. The van der Waals surface area contributed by atoms with Gasteiger partial charge in [0, 0.05) is 37.0 Å². The molecule has 2 aliphatic heterocycles. The number of aromatic nitrogens is 3. The van der Waals surface area contributed by atoms with Crippen molar-refractivity contribution in [2.45, 2.75) is 58.2 Å². The van der Waals surface area contributed by atoms with Crippen LogP contribution in [0, 0.1) is 11.8 Å². The van der Waals surface area contributed by atoms with Crippen molar-refractivity contribution in [1.82, 2.24) is 19.5 Å². The maximum Gasteiger partial charge on any atom is 0.241 e. The summed E-state index contributed by atoms with van der Waals surface area (Å²) >= 11 is 0. The number of halogens is 3. The molecule has 0 radical (unpaired) electrons. The summed E-state index contributed by atoms with van der Waals surface area (Å²) < 4.78 is 42.2. The highest BCUT2D eigenvalue weighted by molar-refractivity contribution is 5.87. The number of fused-ring (bicyclic) bond motifs is 1. The maximum absolute atomic E-state index is 14.5. The topological polar surface area (TPSA) is 57.8 Å². The van der Waals surface area contributed by atoms with Crippen molar-refractivity contribution >= 4 is 22.7 Å². The summed E-state index contributed by atoms with van der Waals surface area (Å²) in [4.78, 5) is 11.2. The number of nitrogens with zero attached hydrogens (tertiary/aromatic N) is 5. The molecule has 4 atom stereocenters. The van der Waals surface area contributed by atoms with Gasteiger partial charge >= 0.3 is 0 Å². The second-order valence-corrected chi connectivity index (χ2v) is 10.3. The highest BCUT2D eigenvalue weighted by Gasteiger charge is 2.29. The number of aliphatic imine (C=N–C) groups is 1.